The van der Waals surface area contributed by atoms with Crippen LogP contribution >= 0.6 is 11.6 Å². The highest BCUT2D eigenvalue weighted by atomic mass is 35.5. The number of aryl methyl sites for hydroxylation is 1. The minimum atomic E-state index is -0.936. The van der Waals surface area contributed by atoms with Crippen molar-refractivity contribution in [3.63, 3.8) is 0 Å². The van der Waals surface area contributed by atoms with Crippen molar-refractivity contribution < 1.29 is 9.90 Å². The molecule has 1 aromatic heterocycles. The lowest BCUT2D eigenvalue weighted by Crippen LogP contribution is -2.04. The second-order valence-electron chi connectivity index (χ2n) is 4.62. The molecule has 0 unspecified atom stereocenters. The van der Waals surface area contributed by atoms with E-state index in [0.29, 0.717) is 5.02 Å². The Morgan fingerprint density at radius 3 is 2.50 bits per heavy atom. The molecule has 3 nitrogen and oxygen atoms in total. The van der Waals surface area contributed by atoms with E-state index < -0.39 is 5.97 Å². The van der Waals surface area contributed by atoms with Crippen LogP contribution in [0, 0.1) is 0 Å². The van der Waals surface area contributed by atoms with E-state index in [2.05, 4.69) is 0 Å². The average molecular weight is 286 g/mol. The molecule has 0 atom stereocenters. The molecule has 0 bridgehead atoms. The Labute approximate surface area is 121 Å². The van der Waals surface area contributed by atoms with Crippen LogP contribution in [0.5, 0.6) is 0 Å². The minimum Gasteiger partial charge on any atom is -0.477 e. The maximum Gasteiger partial charge on any atom is 0.352 e. The van der Waals surface area contributed by atoms with E-state index in [1.165, 1.54) is 0 Å². The smallest absolute Gasteiger partial charge is 0.352 e. The number of carbonyl (C=O) groups is 1. The van der Waals surface area contributed by atoms with Crippen LogP contribution in [0.2, 0.25) is 5.02 Å². The largest absolute Gasteiger partial charge is 0.477 e. The fourth-order valence-corrected chi connectivity index (χ4v) is 2.76. The molecule has 0 aliphatic rings. The van der Waals surface area contributed by atoms with Crippen molar-refractivity contribution in [2.45, 2.75) is 0 Å². The van der Waals surface area contributed by atoms with Gasteiger partial charge in [0.05, 0.1) is 5.52 Å². The Morgan fingerprint density at radius 1 is 1.10 bits per heavy atom. The highest BCUT2D eigenvalue weighted by molar-refractivity contribution is 6.33. The van der Waals surface area contributed by atoms with E-state index in [1.54, 1.807) is 17.7 Å². The summed E-state index contributed by atoms with van der Waals surface area (Å²) in [6.45, 7) is 0. The van der Waals surface area contributed by atoms with Crippen LogP contribution in [0.3, 0.4) is 0 Å². The number of fused-ring (bicyclic) bond motifs is 1. The number of halogens is 1. The Hall–Kier alpha value is -2.26. The predicted octanol–water partition coefficient (Wildman–Crippen LogP) is 4.20. The first-order valence-corrected chi connectivity index (χ1v) is 6.54. The number of aromatic nitrogens is 1. The lowest BCUT2D eigenvalue weighted by molar-refractivity contribution is 0.0687. The third-order valence-corrected chi connectivity index (χ3v) is 3.77. The van der Waals surface area contributed by atoms with Gasteiger partial charge < -0.3 is 9.67 Å². The van der Waals surface area contributed by atoms with Gasteiger partial charge in [-0.25, -0.2) is 4.79 Å². The zero-order chi connectivity index (χ0) is 14.3. The van der Waals surface area contributed by atoms with Gasteiger partial charge in [-0.2, -0.15) is 0 Å². The molecule has 1 N–H and O–H groups in total. The Morgan fingerprint density at radius 2 is 1.80 bits per heavy atom. The van der Waals surface area contributed by atoms with Gasteiger partial charge in [-0.3, -0.25) is 0 Å². The van der Waals surface area contributed by atoms with Crippen molar-refractivity contribution >= 4 is 28.5 Å². The third-order valence-electron chi connectivity index (χ3n) is 3.44. The van der Waals surface area contributed by atoms with E-state index in [-0.39, 0.29) is 5.69 Å². The number of carboxylic acids is 1. The molecule has 0 aliphatic carbocycles. The SMILES string of the molecule is Cn1c(C(=O)O)cc2cccc(-c3ccccc3Cl)c21. The average Bonchev–Trinajstić information content (AvgIpc) is 2.77. The predicted molar refractivity (Wildman–Crippen MR) is 80.3 cm³/mol. The summed E-state index contributed by atoms with van der Waals surface area (Å²) in [6, 6.07) is 15.0. The Bertz CT molecular complexity index is 820. The molecule has 1 heterocycles. The van der Waals surface area contributed by atoms with Crippen LogP contribution in [0.1, 0.15) is 10.5 Å². The molecule has 4 heteroatoms. The van der Waals surface area contributed by atoms with Crippen LogP contribution in [0.25, 0.3) is 22.0 Å². The maximum absolute atomic E-state index is 11.3. The van der Waals surface area contributed by atoms with Gasteiger partial charge in [0.15, 0.2) is 0 Å². The molecule has 0 fully saturated rings. The topological polar surface area (TPSA) is 42.2 Å². The van der Waals surface area contributed by atoms with Gasteiger partial charge in [0.2, 0.25) is 0 Å². The number of para-hydroxylation sites is 1. The molecule has 0 saturated heterocycles. The van der Waals surface area contributed by atoms with Crippen molar-refractivity contribution in [1.82, 2.24) is 4.57 Å². The van der Waals surface area contributed by atoms with Crippen LogP contribution < -0.4 is 0 Å². The summed E-state index contributed by atoms with van der Waals surface area (Å²) in [5, 5.41) is 10.8. The van der Waals surface area contributed by atoms with Crippen molar-refractivity contribution in [3.05, 3.63) is 59.2 Å². The molecule has 3 aromatic rings. The summed E-state index contributed by atoms with van der Waals surface area (Å²) in [5.41, 5.74) is 2.97. The molecule has 0 spiro atoms. The molecule has 0 saturated carbocycles. The van der Waals surface area contributed by atoms with Crippen LogP contribution in [0.4, 0.5) is 0 Å². The fourth-order valence-electron chi connectivity index (χ4n) is 2.52. The van der Waals surface area contributed by atoms with Crippen molar-refractivity contribution in [3.8, 4) is 11.1 Å². The van der Waals surface area contributed by atoms with E-state index in [1.807, 2.05) is 42.5 Å². The number of nitrogens with zero attached hydrogens (tertiary/aromatic N) is 1. The highest BCUT2D eigenvalue weighted by Crippen LogP contribution is 2.34. The summed E-state index contributed by atoms with van der Waals surface area (Å²) >= 11 is 6.26. The molecule has 0 radical (unpaired) electrons. The molecule has 3 rings (SSSR count). The van der Waals surface area contributed by atoms with Gasteiger partial charge in [-0.05, 0) is 12.1 Å². The molecule has 0 amide bonds. The second-order valence-corrected chi connectivity index (χ2v) is 5.02. The van der Waals surface area contributed by atoms with Crippen molar-refractivity contribution in [2.24, 2.45) is 7.05 Å². The van der Waals surface area contributed by atoms with E-state index in [4.69, 9.17) is 11.6 Å². The highest BCUT2D eigenvalue weighted by Gasteiger charge is 2.16. The number of hydrogen-bond donors (Lipinski definition) is 1. The van der Waals surface area contributed by atoms with E-state index in [0.717, 1.165) is 22.0 Å². The minimum absolute atomic E-state index is 0.263. The van der Waals surface area contributed by atoms with E-state index >= 15 is 0 Å². The molecule has 2 aromatic carbocycles. The number of hydrogen-bond acceptors (Lipinski definition) is 1. The Kier molecular flexibility index (Phi) is 2.99. The van der Waals surface area contributed by atoms with E-state index in [9.17, 15) is 9.90 Å². The quantitative estimate of drug-likeness (QED) is 0.767. The zero-order valence-corrected chi connectivity index (χ0v) is 11.6. The first kappa shape index (κ1) is 12.8. The number of benzene rings is 2. The first-order chi connectivity index (χ1) is 9.59. The van der Waals surface area contributed by atoms with Crippen LogP contribution in [-0.4, -0.2) is 15.6 Å². The number of rotatable bonds is 2. The fraction of sp³-hybridized carbons (Fsp3) is 0.0625. The first-order valence-electron chi connectivity index (χ1n) is 6.16. The molecular formula is C16H12ClNO2. The molecular weight excluding hydrogens is 274 g/mol. The van der Waals surface area contributed by atoms with Gasteiger partial charge >= 0.3 is 5.97 Å². The lowest BCUT2D eigenvalue weighted by Gasteiger charge is -2.09. The third kappa shape index (κ3) is 1.87. The van der Waals surface area contributed by atoms with Gasteiger partial charge in [0.25, 0.3) is 0 Å². The van der Waals surface area contributed by atoms with Crippen molar-refractivity contribution in [2.75, 3.05) is 0 Å². The van der Waals surface area contributed by atoms with Crippen LogP contribution in [0.15, 0.2) is 48.5 Å². The van der Waals surface area contributed by atoms with Gasteiger partial charge in [0, 0.05) is 28.6 Å². The monoisotopic (exact) mass is 285 g/mol. The van der Waals surface area contributed by atoms with Gasteiger partial charge in [-0.15, -0.1) is 0 Å². The summed E-state index contributed by atoms with van der Waals surface area (Å²) in [7, 11) is 1.76. The molecule has 0 aliphatic heterocycles. The van der Waals surface area contributed by atoms with Crippen LogP contribution in [-0.2, 0) is 7.05 Å². The van der Waals surface area contributed by atoms with Crippen molar-refractivity contribution in [1.29, 1.82) is 0 Å². The summed E-state index contributed by atoms with van der Waals surface area (Å²) in [4.78, 5) is 11.3. The lowest BCUT2D eigenvalue weighted by atomic mass is 10.0. The standard InChI is InChI=1S/C16H12ClNO2/c1-18-14(16(19)20)9-10-5-4-7-12(15(10)18)11-6-2-3-8-13(11)17/h2-9H,1H3,(H,19,20). The van der Waals surface area contributed by atoms with Gasteiger partial charge in [0.1, 0.15) is 5.69 Å². The normalized spacial score (nSPS) is 10.9. The number of carboxylic acid groups (broad SMARTS) is 1. The van der Waals surface area contributed by atoms with Gasteiger partial charge in [-0.1, -0.05) is 48.0 Å². The summed E-state index contributed by atoms with van der Waals surface area (Å²) < 4.78 is 1.69. The molecule has 100 valence electrons. The summed E-state index contributed by atoms with van der Waals surface area (Å²) in [6.07, 6.45) is 0. The zero-order valence-electron chi connectivity index (χ0n) is 10.8. The maximum atomic E-state index is 11.3. The number of aromatic carboxylic acids is 1. The Balaban J connectivity index is 2.38. The summed E-state index contributed by atoms with van der Waals surface area (Å²) in [5.74, 6) is -0.936. The molecule has 20 heavy (non-hydrogen) atoms. The second kappa shape index (κ2) is 4.69.